The van der Waals surface area contributed by atoms with Crippen LogP contribution in [0.3, 0.4) is 0 Å². The van der Waals surface area contributed by atoms with Crippen LogP contribution in [0, 0.1) is 5.82 Å². The zero-order valence-electron chi connectivity index (χ0n) is 21.9. The molecule has 0 bridgehead atoms. The lowest BCUT2D eigenvalue weighted by Crippen LogP contribution is -2.27. The van der Waals surface area contributed by atoms with Crippen LogP contribution in [0.5, 0.6) is 0 Å². The van der Waals surface area contributed by atoms with Gasteiger partial charge in [0.05, 0.1) is 17.1 Å². The molecule has 1 fully saturated rings. The second kappa shape index (κ2) is 16.1. The average Bonchev–Trinajstić information content (AvgIpc) is 2.92. The highest BCUT2D eigenvalue weighted by Crippen LogP contribution is 2.33. The number of carbonyl (C=O) groups excluding carboxylic acids is 1. The molecule has 1 aliphatic rings. The molecule has 0 amide bonds. The highest BCUT2D eigenvalue weighted by atomic mass is 19.1. The fourth-order valence-corrected chi connectivity index (χ4v) is 3.99. The van der Waals surface area contributed by atoms with Crippen LogP contribution in [0.1, 0.15) is 50.2 Å². The van der Waals surface area contributed by atoms with Gasteiger partial charge >= 0.3 is 0 Å². The second-order valence-corrected chi connectivity index (χ2v) is 8.54. The summed E-state index contributed by atoms with van der Waals surface area (Å²) in [5, 5.41) is 9.88. The van der Waals surface area contributed by atoms with E-state index in [2.05, 4.69) is 59.1 Å². The smallest absolute Gasteiger partial charge is 0.142 e. The van der Waals surface area contributed by atoms with Crippen molar-refractivity contribution >= 4 is 47.7 Å². The summed E-state index contributed by atoms with van der Waals surface area (Å²) < 4.78 is 14.4. The van der Waals surface area contributed by atoms with Crippen LogP contribution in [0.4, 0.5) is 27.1 Å². The van der Waals surface area contributed by atoms with E-state index < -0.39 is 0 Å². The fraction of sp³-hybridized carbons (Fsp3) is 0.345. The highest BCUT2D eigenvalue weighted by Gasteiger charge is 2.20. The number of nitrogens with zero attached hydrogens (tertiary/aromatic N) is 2. The van der Waals surface area contributed by atoms with Crippen molar-refractivity contribution in [2.24, 2.45) is 15.7 Å². The number of hydrogen-bond acceptors (Lipinski definition) is 6. The van der Waals surface area contributed by atoms with Crippen LogP contribution in [0.25, 0.3) is 6.08 Å². The normalized spacial score (nSPS) is 14.0. The van der Waals surface area contributed by atoms with E-state index in [1.807, 2.05) is 12.1 Å². The third kappa shape index (κ3) is 9.31. The van der Waals surface area contributed by atoms with E-state index in [1.54, 1.807) is 12.1 Å². The molecule has 2 aromatic carbocycles. The maximum absolute atomic E-state index is 14.4. The Bertz CT molecular complexity index is 1110. The molecule has 7 nitrogen and oxygen atoms in total. The van der Waals surface area contributed by atoms with Gasteiger partial charge in [-0.1, -0.05) is 13.5 Å². The Kier molecular flexibility index (Phi) is 12.8. The molecule has 2 aromatic rings. The van der Waals surface area contributed by atoms with Crippen LogP contribution in [0.15, 0.2) is 59.0 Å². The number of carbonyl (C=O) groups is 1. The van der Waals surface area contributed by atoms with Crippen LogP contribution >= 0.6 is 0 Å². The maximum Gasteiger partial charge on any atom is 0.142 e. The number of amidine groups is 1. The average molecular weight is 507 g/mol. The summed E-state index contributed by atoms with van der Waals surface area (Å²) in [7, 11) is 0. The molecule has 1 saturated heterocycles. The Balaban J connectivity index is 0.000000281. The van der Waals surface area contributed by atoms with Gasteiger partial charge in [0.15, 0.2) is 0 Å². The molecule has 5 N–H and O–H groups in total. The van der Waals surface area contributed by atoms with E-state index in [1.165, 1.54) is 18.2 Å². The van der Waals surface area contributed by atoms with E-state index in [0.717, 1.165) is 62.5 Å². The summed E-state index contributed by atoms with van der Waals surface area (Å²) >= 11 is 0. The molecule has 8 heteroatoms. The van der Waals surface area contributed by atoms with Crippen molar-refractivity contribution in [3.63, 3.8) is 0 Å². The molecule has 3 rings (SSSR count). The van der Waals surface area contributed by atoms with Crippen molar-refractivity contribution in [2.75, 3.05) is 36.8 Å². The SMILES string of the molecule is C=CC(N)=Nc1cc(F)c(C2CCNCC2)cc1/C=C/C=O.C=Nc1ccc(NCCC)cc1NCC. The second-order valence-electron chi connectivity index (χ2n) is 8.54. The zero-order chi connectivity index (χ0) is 27.0. The lowest BCUT2D eigenvalue weighted by molar-refractivity contribution is -0.104. The summed E-state index contributed by atoms with van der Waals surface area (Å²) in [5.41, 5.74) is 10.4. The molecule has 0 unspecified atom stereocenters. The molecule has 0 aliphatic carbocycles. The predicted molar refractivity (Wildman–Crippen MR) is 156 cm³/mol. The van der Waals surface area contributed by atoms with Gasteiger partial charge in [0.25, 0.3) is 0 Å². The van der Waals surface area contributed by atoms with E-state index in [4.69, 9.17) is 5.73 Å². The molecule has 198 valence electrons. The predicted octanol–water partition coefficient (Wildman–Crippen LogP) is 5.95. The first-order valence-electron chi connectivity index (χ1n) is 12.7. The number of nitrogens with two attached hydrogens (primary N) is 1. The summed E-state index contributed by atoms with van der Waals surface area (Å²) in [6.07, 6.45) is 7.97. The molecular formula is C29H39FN6O. The maximum atomic E-state index is 14.4. The topological polar surface area (TPSA) is 104 Å². The first-order valence-corrected chi connectivity index (χ1v) is 12.7. The van der Waals surface area contributed by atoms with Gasteiger partial charge in [-0.15, -0.1) is 0 Å². The van der Waals surface area contributed by atoms with Crippen molar-refractivity contribution in [3.8, 4) is 0 Å². The van der Waals surface area contributed by atoms with Crippen LogP contribution < -0.4 is 21.7 Å². The molecule has 1 heterocycles. The molecule has 0 spiro atoms. The Morgan fingerprint density at radius 2 is 1.95 bits per heavy atom. The number of benzene rings is 2. The summed E-state index contributed by atoms with van der Waals surface area (Å²) in [5.74, 6) is 0.0972. The summed E-state index contributed by atoms with van der Waals surface area (Å²) in [4.78, 5) is 18.7. The van der Waals surface area contributed by atoms with Crippen LogP contribution in [0.2, 0.25) is 0 Å². The molecule has 0 radical (unpaired) electrons. The van der Waals surface area contributed by atoms with Gasteiger partial charge in [0.2, 0.25) is 0 Å². The Hall–Kier alpha value is -3.78. The summed E-state index contributed by atoms with van der Waals surface area (Å²) in [6.45, 7) is 15.0. The van der Waals surface area contributed by atoms with Crippen molar-refractivity contribution in [1.29, 1.82) is 0 Å². The number of nitrogens with one attached hydrogen (secondary N) is 3. The Morgan fingerprint density at radius 1 is 1.19 bits per heavy atom. The number of allylic oxidation sites excluding steroid dienone is 1. The summed E-state index contributed by atoms with van der Waals surface area (Å²) in [6, 6.07) is 9.21. The van der Waals surface area contributed by atoms with Crippen molar-refractivity contribution in [2.45, 2.75) is 39.0 Å². The van der Waals surface area contributed by atoms with Crippen LogP contribution in [-0.2, 0) is 4.79 Å². The minimum Gasteiger partial charge on any atom is -0.385 e. The fourth-order valence-electron chi connectivity index (χ4n) is 3.99. The molecule has 0 saturated carbocycles. The molecule has 37 heavy (non-hydrogen) atoms. The third-order valence-electron chi connectivity index (χ3n) is 5.85. The number of hydrogen-bond donors (Lipinski definition) is 4. The lowest BCUT2D eigenvalue weighted by Gasteiger charge is -2.24. The number of aldehydes is 1. The Morgan fingerprint density at radius 3 is 2.57 bits per heavy atom. The quantitative estimate of drug-likeness (QED) is 0.130. The van der Waals surface area contributed by atoms with Gasteiger partial charge < -0.3 is 21.7 Å². The van der Waals surface area contributed by atoms with E-state index in [-0.39, 0.29) is 17.6 Å². The van der Waals surface area contributed by atoms with E-state index in [0.29, 0.717) is 23.1 Å². The van der Waals surface area contributed by atoms with Crippen molar-refractivity contribution in [1.82, 2.24) is 5.32 Å². The number of halogens is 1. The van der Waals surface area contributed by atoms with Gasteiger partial charge in [-0.25, -0.2) is 9.38 Å². The zero-order valence-corrected chi connectivity index (χ0v) is 21.9. The van der Waals surface area contributed by atoms with Gasteiger partial charge in [-0.3, -0.25) is 9.79 Å². The number of piperidine rings is 1. The first-order chi connectivity index (χ1) is 18.0. The standard InChI is InChI=1S/C17H20FN3O.C12H19N3/c1-2-17(19)21-16-11-15(18)14(10-13(16)4-3-9-22)12-5-7-20-8-6-12;1-4-8-15-10-6-7-11(13-3)12(9-10)14-5-2/h2-4,9-12,20H,1,5-8H2,(H2,19,21);6-7,9,14-15H,3-5,8H2,1-2H3/b4-3+;. The molecule has 1 aliphatic heterocycles. The number of anilines is 2. The first kappa shape index (κ1) is 29.5. The monoisotopic (exact) mass is 506 g/mol. The third-order valence-corrected chi connectivity index (χ3v) is 5.85. The van der Waals surface area contributed by atoms with Gasteiger partial charge in [0, 0.05) is 30.4 Å². The van der Waals surface area contributed by atoms with Crippen molar-refractivity contribution < 1.29 is 9.18 Å². The van der Waals surface area contributed by atoms with Gasteiger partial charge in [-0.05, 0) is 100.0 Å². The molecule has 0 atom stereocenters. The minimum atomic E-state index is -0.286. The van der Waals surface area contributed by atoms with E-state index in [9.17, 15) is 9.18 Å². The largest absolute Gasteiger partial charge is 0.385 e. The van der Waals surface area contributed by atoms with Gasteiger partial charge in [-0.2, -0.15) is 0 Å². The molecule has 0 aromatic heterocycles. The highest BCUT2D eigenvalue weighted by molar-refractivity contribution is 5.93. The van der Waals surface area contributed by atoms with Crippen LogP contribution in [-0.4, -0.2) is 45.0 Å². The molecular weight excluding hydrogens is 467 g/mol. The van der Waals surface area contributed by atoms with Gasteiger partial charge in [0.1, 0.15) is 17.9 Å². The number of aliphatic imine (C=N–C) groups is 2. The van der Waals surface area contributed by atoms with Crippen molar-refractivity contribution in [3.05, 3.63) is 66.0 Å². The Labute approximate surface area is 219 Å². The minimum absolute atomic E-state index is 0.180. The lowest BCUT2D eigenvalue weighted by atomic mass is 9.88. The van der Waals surface area contributed by atoms with E-state index >= 15 is 0 Å². The number of rotatable bonds is 11.